The lowest BCUT2D eigenvalue weighted by Crippen LogP contribution is -2.53. The van der Waals surface area contributed by atoms with Crippen molar-refractivity contribution in [1.29, 1.82) is 0 Å². The van der Waals surface area contributed by atoms with Gasteiger partial charge in [0.05, 0.1) is 6.17 Å². The molecule has 100 valence electrons. The van der Waals surface area contributed by atoms with Gasteiger partial charge in [-0.2, -0.15) is 0 Å². The van der Waals surface area contributed by atoms with Crippen LogP contribution in [0.15, 0.2) is 24.3 Å². The van der Waals surface area contributed by atoms with Crippen molar-refractivity contribution in [2.75, 3.05) is 31.1 Å². The van der Waals surface area contributed by atoms with Crippen molar-refractivity contribution in [2.24, 2.45) is 11.5 Å². The molecule has 1 aliphatic heterocycles. The number of piperazine rings is 1. The van der Waals surface area contributed by atoms with Crippen LogP contribution in [-0.4, -0.2) is 37.2 Å². The number of hydrogen-bond acceptors (Lipinski definition) is 4. The van der Waals surface area contributed by atoms with Gasteiger partial charge in [-0.3, -0.25) is 4.90 Å². The van der Waals surface area contributed by atoms with Gasteiger partial charge in [0, 0.05) is 38.4 Å². The highest BCUT2D eigenvalue weighted by atomic mass is 15.3. The highest BCUT2D eigenvalue weighted by molar-refractivity contribution is 5.48. The van der Waals surface area contributed by atoms with E-state index in [2.05, 4.69) is 41.0 Å². The molecule has 0 spiro atoms. The molecule has 0 radical (unpaired) electrons. The first-order valence-electron chi connectivity index (χ1n) is 6.78. The van der Waals surface area contributed by atoms with E-state index in [1.807, 2.05) is 0 Å². The Bertz CT molecular complexity index is 355. The molecule has 1 atom stereocenters. The highest BCUT2D eigenvalue weighted by Gasteiger charge is 2.20. The zero-order chi connectivity index (χ0) is 13.0. The van der Waals surface area contributed by atoms with Crippen molar-refractivity contribution in [3.8, 4) is 0 Å². The van der Waals surface area contributed by atoms with Crippen LogP contribution in [0.1, 0.15) is 18.9 Å². The van der Waals surface area contributed by atoms with Crippen molar-refractivity contribution in [2.45, 2.75) is 26.1 Å². The third kappa shape index (κ3) is 3.02. The Morgan fingerprint density at radius 2 is 1.72 bits per heavy atom. The fourth-order valence-electron chi connectivity index (χ4n) is 2.41. The van der Waals surface area contributed by atoms with Gasteiger partial charge in [0.15, 0.2) is 0 Å². The van der Waals surface area contributed by atoms with E-state index in [-0.39, 0.29) is 6.17 Å². The number of hydrogen-bond donors (Lipinski definition) is 2. The Hall–Kier alpha value is -1.10. The average molecular weight is 248 g/mol. The molecule has 0 bridgehead atoms. The van der Waals surface area contributed by atoms with Crippen LogP contribution in [0.25, 0.3) is 0 Å². The van der Waals surface area contributed by atoms with E-state index in [0.29, 0.717) is 6.54 Å². The molecular formula is C14H24N4. The van der Waals surface area contributed by atoms with Crippen LogP contribution >= 0.6 is 0 Å². The summed E-state index contributed by atoms with van der Waals surface area (Å²) in [5.41, 5.74) is 14.1. The molecule has 2 rings (SSSR count). The summed E-state index contributed by atoms with van der Waals surface area (Å²) in [6.07, 6.45) is 1.23. The summed E-state index contributed by atoms with van der Waals surface area (Å²) in [7, 11) is 0. The van der Waals surface area contributed by atoms with Crippen molar-refractivity contribution < 1.29 is 0 Å². The minimum Gasteiger partial charge on any atom is -0.369 e. The molecule has 18 heavy (non-hydrogen) atoms. The predicted molar refractivity (Wildman–Crippen MR) is 76.4 cm³/mol. The van der Waals surface area contributed by atoms with Crippen LogP contribution in [0, 0.1) is 0 Å². The second-order valence-electron chi connectivity index (χ2n) is 4.87. The Kier molecular flexibility index (Phi) is 4.58. The second-order valence-corrected chi connectivity index (χ2v) is 4.87. The zero-order valence-corrected chi connectivity index (χ0v) is 11.2. The molecule has 1 aromatic carbocycles. The molecule has 0 aliphatic carbocycles. The number of nitrogens with two attached hydrogens (primary N) is 2. The third-order valence-corrected chi connectivity index (χ3v) is 3.74. The van der Waals surface area contributed by atoms with E-state index in [4.69, 9.17) is 11.5 Å². The molecule has 1 saturated heterocycles. The summed E-state index contributed by atoms with van der Waals surface area (Å²) >= 11 is 0. The summed E-state index contributed by atoms with van der Waals surface area (Å²) < 4.78 is 0. The van der Waals surface area contributed by atoms with Gasteiger partial charge in [-0.25, -0.2) is 0 Å². The topological polar surface area (TPSA) is 58.5 Å². The van der Waals surface area contributed by atoms with Crippen molar-refractivity contribution >= 4 is 5.69 Å². The molecule has 4 nitrogen and oxygen atoms in total. The first-order chi connectivity index (χ1) is 8.74. The molecule has 0 saturated carbocycles. The Morgan fingerprint density at radius 1 is 1.11 bits per heavy atom. The Balaban J connectivity index is 1.92. The maximum absolute atomic E-state index is 6.06. The second kappa shape index (κ2) is 6.18. The lowest BCUT2D eigenvalue weighted by Gasteiger charge is -2.38. The van der Waals surface area contributed by atoms with E-state index in [1.165, 1.54) is 11.3 Å². The summed E-state index contributed by atoms with van der Waals surface area (Å²) in [6.45, 7) is 6.95. The fourth-order valence-corrected chi connectivity index (χ4v) is 2.41. The molecule has 4 heteroatoms. The van der Waals surface area contributed by atoms with Gasteiger partial charge in [0.25, 0.3) is 0 Å². The molecule has 1 unspecified atom stereocenters. The lowest BCUT2D eigenvalue weighted by atomic mass is 10.1. The fraction of sp³-hybridized carbons (Fsp3) is 0.571. The molecule has 1 aliphatic rings. The van der Waals surface area contributed by atoms with Crippen LogP contribution in [0.5, 0.6) is 0 Å². The van der Waals surface area contributed by atoms with E-state index >= 15 is 0 Å². The van der Waals surface area contributed by atoms with E-state index in [0.717, 1.165) is 32.6 Å². The van der Waals surface area contributed by atoms with Crippen LogP contribution in [0.2, 0.25) is 0 Å². The predicted octanol–water partition coefficient (Wildman–Crippen LogP) is 0.962. The van der Waals surface area contributed by atoms with E-state index in [1.54, 1.807) is 0 Å². The van der Waals surface area contributed by atoms with Gasteiger partial charge in [-0.05, 0) is 24.1 Å². The largest absolute Gasteiger partial charge is 0.369 e. The Morgan fingerprint density at radius 3 is 2.22 bits per heavy atom. The van der Waals surface area contributed by atoms with Gasteiger partial charge < -0.3 is 16.4 Å². The van der Waals surface area contributed by atoms with Crippen molar-refractivity contribution in [3.05, 3.63) is 29.8 Å². The molecular weight excluding hydrogens is 224 g/mol. The Labute approximate surface area is 110 Å². The summed E-state index contributed by atoms with van der Waals surface area (Å²) in [4.78, 5) is 4.78. The summed E-state index contributed by atoms with van der Waals surface area (Å²) in [6, 6.07) is 8.55. The van der Waals surface area contributed by atoms with Crippen LogP contribution < -0.4 is 16.4 Å². The van der Waals surface area contributed by atoms with Crippen molar-refractivity contribution in [3.63, 3.8) is 0 Å². The maximum atomic E-state index is 6.06. The normalized spacial score (nSPS) is 18.9. The SMILES string of the molecule is CCC(N)N1CCN(c2ccc(CN)cc2)CC1. The molecule has 0 amide bonds. The standard InChI is InChI=1S/C14H24N4/c1-2-14(16)18-9-7-17(8-10-18)13-5-3-12(11-15)4-6-13/h3-6,14H,2,7-11,15-16H2,1H3. The zero-order valence-electron chi connectivity index (χ0n) is 11.2. The molecule has 4 N–H and O–H groups in total. The van der Waals surface area contributed by atoms with Gasteiger partial charge >= 0.3 is 0 Å². The first-order valence-corrected chi connectivity index (χ1v) is 6.78. The smallest absolute Gasteiger partial charge is 0.0570 e. The van der Waals surface area contributed by atoms with E-state index in [9.17, 15) is 0 Å². The minimum absolute atomic E-state index is 0.215. The summed E-state index contributed by atoms with van der Waals surface area (Å²) in [5.74, 6) is 0. The molecule has 1 aromatic rings. The summed E-state index contributed by atoms with van der Waals surface area (Å²) in [5, 5.41) is 0. The number of anilines is 1. The van der Waals surface area contributed by atoms with Crippen molar-refractivity contribution in [1.82, 2.24) is 4.90 Å². The average Bonchev–Trinajstić information content (AvgIpc) is 2.47. The lowest BCUT2D eigenvalue weighted by molar-refractivity contribution is 0.184. The minimum atomic E-state index is 0.215. The third-order valence-electron chi connectivity index (χ3n) is 3.74. The molecule has 0 aromatic heterocycles. The van der Waals surface area contributed by atoms with Gasteiger partial charge in [0.1, 0.15) is 0 Å². The number of rotatable bonds is 4. The van der Waals surface area contributed by atoms with Crippen LogP contribution in [-0.2, 0) is 6.54 Å². The van der Waals surface area contributed by atoms with Crippen LogP contribution in [0.3, 0.4) is 0 Å². The van der Waals surface area contributed by atoms with Crippen LogP contribution in [0.4, 0.5) is 5.69 Å². The van der Waals surface area contributed by atoms with Gasteiger partial charge in [0.2, 0.25) is 0 Å². The number of benzene rings is 1. The van der Waals surface area contributed by atoms with Gasteiger partial charge in [-0.15, -0.1) is 0 Å². The van der Waals surface area contributed by atoms with E-state index < -0.39 is 0 Å². The van der Waals surface area contributed by atoms with Gasteiger partial charge in [-0.1, -0.05) is 19.1 Å². The first kappa shape index (κ1) is 13.3. The highest BCUT2D eigenvalue weighted by Crippen LogP contribution is 2.17. The number of nitrogens with zero attached hydrogens (tertiary/aromatic N) is 2. The maximum Gasteiger partial charge on any atom is 0.0570 e. The molecule has 1 fully saturated rings. The quantitative estimate of drug-likeness (QED) is 0.833. The monoisotopic (exact) mass is 248 g/mol. The molecule has 1 heterocycles.